The Morgan fingerprint density at radius 3 is 2.62 bits per heavy atom. The predicted molar refractivity (Wildman–Crippen MR) is 49.9 cm³/mol. The van der Waals surface area contributed by atoms with Crippen LogP contribution < -0.4 is 9.64 Å². The molecule has 0 aromatic carbocycles. The van der Waals surface area contributed by atoms with Crippen molar-refractivity contribution in [2.75, 3.05) is 19.1 Å². The number of pyridine rings is 1. The molecule has 1 rings (SSSR count). The summed E-state index contributed by atoms with van der Waals surface area (Å²) in [6, 6.07) is 3.50. The smallest absolute Gasteiger partial charge is 0.224 e. The standard InChI is InChI=1S/C9H12N2O2/c1-7(12)11(2)9-5-4-8(13-3)6-10-9/h4-6H,1-3H3. The van der Waals surface area contributed by atoms with E-state index in [1.807, 2.05) is 0 Å². The van der Waals surface area contributed by atoms with Crippen molar-refractivity contribution >= 4 is 11.7 Å². The molecule has 1 aromatic rings. The number of carbonyl (C=O) groups is 1. The van der Waals surface area contributed by atoms with Gasteiger partial charge in [0, 0.05) is 14.0 Å². The lowest BCUT2D eigenvalue weighted by Crippen LogP contribution is -2.23. The molecule has 0 radical (unpaired) electrons. The first kappa shape index (κ1) is 9.51. The predicted octanol–water partition coefficient (Wildman–Crippen LogP) is 1.07. The summed E-state index contributed by atoms with van der Waals surface area (Å²) in [7, 11) is 3.25. The number of methoxy groups -OCH3 is 1. The summed E-state index contributed by atoms with van der Waals surface area (Å²) in [4.78, 5) is 16.5. The largest absolute Gasteiger partial charge is 0.495 e. The van der Waals surface area contributed by atoms with Gasteiger partial charge in [0.15, 0.2) is 0 Å². The maximum absolute atomic E-state index is 11.0. The van der Waals surface area contributed by atoms with Crippen molar-refractivity contribution in [3.63, 3.8) is 0 Å². The minimum atomic E-state index is -0.0438. The van der Waals surface area contributed by atoms with Gasteiger partial charge in [0.05, 0.1) is 13.3 Å². The van der Waals surface area contributed by atoms with E-state index in [1.54, 1.807) is 32.5 Å². The molecule has 0 atom stereocenters. The van der Waals surface area contributed by atoms with Crippen LogP contribution in [-0.4, -0.2) is 25.0 Å². The van der Waals surface area contributed by atoms with Crippen molar-refractivity contribution in [2.45, 2.75) is 6.92 Å². The van der Waals surface area contributed by atoms with Gasteiger partial charge in [-0.15, -0.1) is 0 Å². The molecular formula is C9H12N2O2. The number of anilines is 1. The van der Waals surface area contributed by atoms with E-state index in [0.29, 0.717) is 11.6 Å². The van der Waals surface area contributed by atoms with Gasteiger partial charge in [-0.2, -0.15) is 0 Å². The minimum absolute atomic E-state index is 0.0438. The van der Waals surface area contributed by atoms with Gasteiger partial charge in [-0.25, -0.2) is 4.98 Å². The summed E-state index contributed by atoms with van der Waals surface area (Å²) in [5.41, 5.74) is 0. The molecule has 13 heavy (non-hydrogen) atoms. The fourth-order valence-corrected chi connectivity index (χ4v) is 0.853. The first-order valence-electron chi connectivity index (χ1n) is 3.89. The Hall–Kier alpha value is -1.58. The van der Waals surface area contributed by atoms with Gasteiger partial charge < -0.3 is 9.64 Å². The number of hydrogen-bond acceptors (Lipinski definition) is 3. The SMILES string of the molecule is COc1ccc(N(C)C(C)=O)nc1. The second-order valence-corrected chi connectivity index (χ2v) is 2.63. The number of hydrogen-bond donors (Lipinski definition) is 0. The van der Waals surface area contributed by atoms with Crippen LogP contribution in [0.5, 0.6) is 5.75 Å². The molecule has 1 amide bonds. The third-order valence-corrected chi connectivity index (χ3v) is 1.77. The Kier molecular flexibility index (Phi) is 2.84. The highest BCUT2D eigenvalue weighted by atomic mass is 16.5. The van der Waals surface area contributed by atoms with Crippen LogP contribution in [0.1, 0.15) is 6.92 Å². The molecule has 0 saturated carbocycles. The molecule has 0 aliphatic carbocycles. The van der Waals surface area contributed by atoms with Crippen LogP contribution in [0.25, 0.3) is 0 Å². The summed E-state index contributed by atoms with van der Waals surface area (Å²) in [5, 5.41) is 0. The lowest BCUT2D eigenvalue weighted by molar-refractivity contribution is -0.116. The quantitative estimate of drug-likeness (QED) is 0.683. The highest BCUT2D eigenvalue weighted by Crippen LogP contribution is 2.13. The molecular weight excluding hydrogens is 168 g/mol. The number of aromatic nitrogens is 1. The van der Waals surface area contributed by atoms with E-state index in [0.717, 1.165) is 0 Å². The summed E-state index contributed by atoms with van der Waals surface area (Å²) in [5.74, 6) is 1.26. The minimum Gasteiger partial charge on any atom is -0.495 e. The fraction of sp³-hybridized carbons (Fsp3) is 0.333. The first-order chi connectivity index (χ1) is 6.15. The van der Waals surface area contributed by atoms with E-state index in [9.17, 15) is 4.79 Å². The van der Waals surface area contributed by atoms with Gasteiger partial charge in [0.25, 0.3) is 0 Å². The maximum Gasteiger partial charge on any atom is 0.224 e. The van der Waals surface area contributed by atoms with Crippen LogP contribution in [0.2, 0.25) is 0 Å². The second kappa shape index (κ2) is 3.89. The van der Waals surface area contributed by atoms with Gasteiger partial charge in [-0.05, 0) is 12.1 Å². The monoisotopic (exact) mass is 180 g/mol. The highest BCUT2D eigenvalue weighted by Gasteiger charge is 2.05. The Balaban J connectivity index is 2.85. The Bertz CT molecular complexity index is 295. The van der Waals surface area contributed by atoms with Gasteiger partial charge in [0.2, 0.25) is 5.91 Å². The molecule has 0 fully saturated rings. The van der Waals surface area contributed by atoms with E-state index in [1.165, 1.54) is 11.8 Å². The highest BCUT2D eigenvalue weighted by molar-refractivity contribution is 5.89. The Morgan fingerprint density at radius 1 is 1.54 bits per heavy atom. The van der Waals surface area contributed by atoms with Crippen LogP contribution >= 0.6 is 0 Å². The van der Waals surface area contributed by atoms with Crippen molar-refractivity contribution in [1.29, 1.82) is 0 Å². The molecule has 0 spiro atoms. The second-order valence-electron chi connectivity index (χ2n) is 2.63. The first-order valence-corrected chi connectivity index (χ1v) is 3.89. The molecule has 0 saturated heterocycles. The van der Waals surface area contributed by atoms with E-state index >= 15 is 0 Å². The van der Waals surface area contributed by atoms with Gasteiger partial charge >= 0.3 is 0 Å². The number of nitrogens with zero attached hydrogens (tertiary/aromatic N) is 2. The summed E-state index contributed by atoms with van der Waals surface area (Å²) >= 11 is 0. The Labute approximate surface area is 77.1 Å². The van der Waals surface area contributed by atoms with Crippen LogP contribution in [0.4, 0.5) is 5.82 Å². The third-order valence-electron chi connectivity index (χ3n) is 1.77. The fourth-order valence-electron chi connectivity index (χ4n) is 0.853. The van der Waals surface area contributed by atoms with E-state index in [2.05, 4.69) is 4.98 Å². The average Bonchev–Trinajstić information content (AvgIpc) is 2.17. The van der Waals surface area contributed by atoms with E-state index in [-0.39, 0.29) is 5.91 Å². The molecule has 0 aliphatic heterocycles. The molecule has 4 heteroatoms. The lowest BCUT2D eigenvalue weighted by atomic mass is 10.4. The average molecular weight is 180 g/mol. The van der Waals surface area contributed by atoms with Crippen LogP contribution in [0.15, 0.2) is 18.3 Å². The van der Waals surface area contributed by atoms with Crippen molar-refractivity contribution in [3.8, 4) is 5.75 Å². The Morgan fingerprint density at radius 2 is 2.23 bits per heavy atom. The number of carbonyl (C=O) groups excluding carboxylic acids is 1. The van der Waals surface area contributed by atoms with Crippen molar-refractivity contribution in [3.05, 3.63) is 18.3 Å². The van der Waals surface area contributed by atoms with Crippen LogP contribution in [0.3, 0.4) is 0 Å². The van der Waals surface area contributed by atoms with Crippen molar-refractivity contribution < 1.29 is 9.53 Å². The van der Waals surface area contributed by atoms with Crippen LogP contribution in [0, 0.1) is 0 Å². The topological polar surface area (TPSA) is 42.4 Å². The number of ether oxygens (including phenoxy) is 1. The zero-order valence-corrected chi connectivity index (χ0v) is 7.94. The third kappa shape index (κ3) is 2.18. The number of rotatable bonds is 2. The summed E-state index contributed by atoms with van der Waals surface area (Å²) < 4.78 is 4.94. The molecule has 1 heterocycles. The molecule has 1 aromatic heterocycles. The van der Waals surface area contributed by atoms with Gasteiger partial charge in [-0.3, -0.25) is 4.79 Å². The maximum atomic E-state index is 11.0. The lowest BCUT2D eigenvalue weighted by Gasteiger charge is -2.13. The molecule has 0 N–H and O–H groups in total. The normalized spacial score (nSPS) is 9.46. The van der Waals surface area contributed by atoms with Crippen LogP contribution in [-0.2, 0) is 4.79 Å². The number of amides is 1. The van der Waals surface area contributed by atoms with Gasteiger partial charge in [-0.1, -0.05) is 0 Å². The van der Waals surface area contributed by atoms with E-state index in [4.69, 9.17) is 4.74 Å². The van der Waals surface area contributed by atoms with Gasteiger partial charge in [0.1, 0.15) is 11.6 Å². The zero-order chi connectivity index (χ0) is 9.84. The summed E-state index contributed by atoms with van der Waals surface area (Å²) in [6.07, 6.45) is 1.58. The molecule has 0 bridgehead atoms. The van der Waals surface area contributed by atoms with E-state index < -0.39 is 0 Å². The summed E-state index contributed by atoms with van der Waals surface area (Å²) in [6.45, 7) is 1.49. The van der Waals surface area contributed by atoms with Crippen molar-refractivity contribution in [1.82, 2.24) is 4.98 Å². The van der Waals surface area contributed by atoms with Crippen molar-refractivity contribution in [2.24, 2.45) is 0 Å². The zero-order valence-electron chi connectivity index (χ0n) is 7.94. The molecule has 70 valence electrons. The molecule has 4 nitrogen and oxygen atoms in total. The molecule has 0 aliphatic rings. The molecule has 0 unspecified atom stereocenters.